The molecule has 0 aliphatic carbocycles. The van der Waals surface area contributed by atoms with Crippen molar-refractivity contribution in [2.75, 3.05) is 0 Å². The van der Waals surface area contributed by atoms with E-state index < -0.39 is 0 Å². The molecule has 0 atom stereocenters. The molecule has 7 radical (unpaired) electrons. The van der Waals surface area contributed by atoms with Crippen molar-refractivity contribution in [2.24, 2.45) is 0 Å². The molecule has 12 heavy (non-hydrogen) atoms. The van der Waals surface area contributed by atoms with Crippen molar-refractivity contribution in [2.45, 2.75) is 57.9 Å². The van der Waals surface area contributed by atoms with Gasteiger partial charge in [-0.3, -0.25) is 0 Å². The third-order valence-electron chi connectivity index (χ3n) is 2.03. The second-order valence-electron chi connectivity index (χ2n) is 3.35. The highest BCUT2D eigenvalue weighted by Gasteiger charge is 1.95. The average molecular weight is 212 g/mol. The molecule has 0 rings (SSSR count). The van der Waals surface area contributed by atoms with Gasteiger partial charge in [0.1, 0.15) is 0 Å². The van der Waals surface area contributed by atoms with Crippen LogP contribution in [-0.4, -0.2) is 27.4 Å². The molecule has 0 amide bonds. The van der Waals surface area contributed by atoms with Crippen LogP contribution in [-0.2, 0) is 0 Å². The summed E-state index contributed by atoms with van der Waals surface area (Å²) in [6.45, 7) is 2.27. The highest BCUT2D eigenvalue weighted by atomic mass is 29.5. The van der Waals surface area contributed by atoms with E-state index in [0.717, 1.165) is 0 Å². The van der Waals surface area contributed by atoms with Gasteiger partial charge in [-0.2, -0.15) is 0 Å². The average Bonchev–Trinajstić information content (AvgIpc) is 2.02. The van der Waals surface area contributed by atoms with Gasteiger partial charge in [0.05, 0.1) is 0 Å². The smallest absolute Gasteiger partial charge is 0.0144 e. The molecular formula is C9H19Si3. The Morgan fingerprint density at radius 1 is 0.833 bits per heavy atom. The van der Waals surface area contributed by atoms with Gasteiger partial charge in [0.2, 0.25) is 0 Å². The Hall–Kier alpha value is 0.651. The minimum Gasteiger partial charge on any atom is -0.0654 e. The lowest BCUT2D eigenvalue weighted by molar-refractivity contribution is 0.601. The topological polar surface area (TPSA) is 0 Å². The lowest BCUT2D eigenvalue weighted by atomic mass is 10.1. The van der Waals surface area contributed by atoms with Crippen LogP contribution in [0.3, 0.4) is 0 Å². The SMILES string of the molecule is CCCCCCCCC[Si]([Si])[Si]. The first kappa shape index (κ1) is 12.7. The first-order valence-electron chi connectivity index (χ1n) is 5.06. The summed E-state index contributed by atoms with van der Waals surface area (Å²) in [5.41, 5.74) is 0. The van der Waals surface area contributed by atoms with Gasteiger partial charge in [-0.15, -0.1) is 0 Å². The Bertz CT molecular complexity index is 83.8. The predicted molar refractivity (Wildman–Crippen MR) is 60.1 cm³/mol. The minimum atomic E-state index is -0.321. The number of hydrogen-bond donors (Lipinski definition) is 0. The fraction of sp³-hybridized carbons (Fsp3) is 1.00. The van der Waals surface area contributed by atoms with E-state index >= 15 is 0 Å². The Balaban J connectivity index is 2.82. The van der Waals surface area contributed by atoms with Gasteiger partial charge in [0, 0.05) is 27.4 Å². The summed E-state index contributed by atoms with van der Waals surface area (Å²) in [5.74, 6) is 0. The first-order valence-corrected chi connectivity index (χ1v) is 9.77. The summed E-state index contributed by atoms with van der Waals surface area (Å²) >= 11 is 0. The normalized spacial score (nSPS) is 11.0. The second kappa shape index (κ2) is 9.74. The van der Waals surface area contributed by atoms with Gasteiger partial charge < -0.3 is 0 Å². The number of unbranched alkanes of at least 4 members (excludes halogenated alkanes) is 6. The molecule has 0 heterocycles. The van der Waals surface area contributed by atoms with Crippen LogP contribution in [0, 0.1) is 0 Å². The van der Waals surface area contributed by atoms with Crippen molar-refractivity contribution >= 4 is 27.4 Å². The molecule has 0 aliphatic heterocycles. The van der Waals surface area contributed by atoms with E-state index in [1.807, 2.05) is 0 Å². The molecule has 0 saturated heterocycles. The molecule has 67 valence electrons. The molecule has 0 aromatic carbocycles. The van der Waals surface area contributed by atoms with Crippen molar-refractivity contribution in [1.29, 1.82) is 0 Å². The molecule has 0 unspecified atom stereocenters. The van der Waals surface area contributed by atoms with E-state index in [4.69, 9.17) is 0 Å². The summed E-state index contributed by atoms with van der Waals surface area (Å²) in [7, 11) is 6.94. The predicted octanol–water partition coefficient (Wildman–Crippen LogP) is 2.56. The molecule has 0 aliphatic rings. The molecular weight excluding hydrogens is 192 g/mol. The van der Waals surface area contributed by atoms with Gasteiger partial charge in [0.15, 0.2) is 0 Å². The minimum absolute atomic E-state index is 0.321. The van der Waals surface area contributed by atoms with Crippen molar-refractivity contribution in [3.63, 3.8) is 0 Å². The maximum atomic E-state index is 3.63. The summed E-state index contributed by atoms with van der Waals surface area (Å²) in [4.78, 5) is 0. The van der Waals surface area contributed by atoms with Gasteiger partial charge in [-0.1, -0.05) is 57.9 Å². The highest BCUT2D eigenvalue weighted by molar-refractivity contribution is 7.29. The molecule has 0 spiro atoms. The molecule has 0 nitrogen and oxygen atoms in total. The standard InChI is InChI=1S/C9H19Si3/c1-2-3-4-5-6-7-8-9-12(10)11/h2-9H2,1H3. The summed E-state index contributed by atoms with van der Waals surface area (Å²) in [6.07, 6.45) is 9.92. The fourth-order valence-corrected chi connectivity index (χ4v) is 2.92. The quantitative estimate of drug-likeness (QED) is 0.428. The molecule has 0 N–H and O–H groups in total. The Morgan fingerprint density at radius 2 is 1.33 bits per heavy atom. The van der Waals surface area contributed by atoms with E-state index in [1.54, 1.807) is 0 Å². The van der Waals surface area contributed by atoms with E-state index in [1.165, 1.54) is 51.0 Å². The van der Waals surface area contributed by atoms with Crippen LogP contribution in [0.5, 0.6) is 0 Å². The van der Waals surface area contributed by atoms with Crippen LogP contribution < -0.4 is 0 Å². The molecule has 0 aromatic rings. The lowest BCUT2D eigenvalue weighted by Crippen LogP contribution is -2.11. The zero-order valence-corrected chi connectivity index (χ0v) is 11.2. The molecule has 0 fully saturated rings. The third kappa shape index (κ3) is 10.7. The molecule has 0 aromatic heterocycles. The number of rotatable bonds is 8. The van der Waals surface area contributed by atoms with Crippen LogP contribution >= 0.6 is 0 Å². The van der Waals surface area contributed by atoms with Gasteiger partial charge in [-0.05, 0) is 0 Å². The Morgan fingerprint density at radius 3 is 1.83 bits per heavy atom. The van der Waals surface area contributed by atoms with Crippen LogP contribution in [0.2, 0.25) is 6.04 Å². The van der Waals surface area contributed by atoms with Crippen molar-refractivity contribution in [3.8, 4) is 0 Å². The van der Waals surface area contributed by atoms with Crippen LogP contribution in [0.15, 0.2) is 0 Å². The Labute approximate surface area is 85.6 Å². The molecule has 0 bridgehead atoms. The summed E-state index contributed by atoms with van der Waals surface area (Å²) < 4.78 is 0. The van der Waals surface area contributed by atoms with Crippen molar-refractivity contribution in [3.05, 3.63) is 0 Å². The van der Waals surface area contributed by atoms with Gasteiger partial charge >= 0.3 is 0 Å². The zero-order chi connectivity index (χ0) is 9.23. The molecule has 3 heteroatoms. The lowest BCUT2D eigenvalue weighted by Gasteiger charge is -2.02. The van der Waals surface area contributed by atoms with Crippen LogP contribution in [0.25, 0.3) is 0 Å². The zero-order valence-electron chi connectivity index (χ0n) is 8.16. The monoisotopic (exact) mass is 211 g/mol. The van der Waals surface area contributed by atoms with Gasteiger partial charge in [0.25, 0.3) is 0 Å². The summed E-state index contributed by atoms with van der Waals surface area (Å²) in [6, 6.07) is 1.35. The van der Waals surface area contributed by atoms with Crippen LogP contribution in [0.4, 0.5) is 0 Å². The van der Waals surface area contributed by atoms with E-state index in [9.17, 15) is 0 Å². The first-order chi connectivity index (χ1) is 5.77. The highest BCUT2D eigenvalue weighted by Crippen LogP contribution is 2.08. The second-order valence-corrected chi connectivity index (χ2v) is 9.93. The maximum Gasteiger partial charge on any atom is 0.0144 e. The fourth-order valence-electron chi connectivity index (χ4n) is 1.26. The summed E-state index contributed by atoms with van der Waals surface area (Å²) in [5, 5.41) is 0. The third-order valence-corrected chi connectivity index (χ3v) is 4.38. The van der Waals surface area contributed by atoms with E-state index in [2.05, 4.69) is 26.4 Å². The van der Waals surface area contributed by atoms with Gasteiger partial charge in [-0.25, -0.2) is 0 Å². The van der Waals surface area contributed by atoms with Crippen molar-refractivity contribution < 1.29 is 0 Å². The van der Waals surface area contributed by atoms with Crippen molar-refractivity contribution in [1.82, 2.24) is 0 Å². The van der Waals surface area contributed by atoms with E-state index in [0.29, 0.717) is 0 Å². The van der Waals surface area contributed by atoms with Crippen LogP contribution in [0.1, 0.15) is 51.9 Å². The largest absolute Gasteiger partial charge is 0.0654 e. The van der Waals surface area contributed by atoms with E-state index in [-0.39, 0.29) is 7.83 Å². The number of hydrogen-bond acceptors (Lipinski definition) is 0. The Kier molecular flexibility index (Phi) is 10.3. The maximum absolute atomic E-state index is 3.63. The molecule has 0 saturated carbocycles.